The maximum Gasteiger partial charge on any atom is 0.0645 e. The van der Waals surface area contributed by atoms with Crippen molar-refractivity contribution in [3.8, 4) is 0 Å². The third-order valence-corrected chi connectivity index (χ3v) is 5.97. The molecule has 1 heterocycles. The Kier molecular flexibility index (Phi) is 3.72. The number of fused-ring (bicyclic) bond motifs is 3. The fraction of sp³-hybridized carbons (Fsp3) is 0.222. The molecule has 0 radical (unpaired) electrons. The number of rotatable bonds is 1. The van der Waals surface area contributed by atoms with E-state index in [1.165, 1.54) is 11.3 Å². The van der Waals surface area contributed by atoms with Crippen molar-refractivity contribution in [3.05, 3.63) is 74.2 Å². The van der Waals surface area contributed by atoms with Crippen molar-refractivity contribution in [2.75, 3.05) is 5.32 Å². The van der Waals surface area contributed by atoms with Crippen molar-refractivity contribution in [2.24, 2.45) is 5.92 Å². The molecule has 1 nitrogen and oxygen atoms in total. The Labute approximate surface area is 148 Å². The molecule has 0 saturated carbocycles. The van der Waals surface area contributed by atoms with Gasteiger partial charge in [-0.25, -0.2) is 0 Å². The average molecular weight is 395 g/mol. The van der Waals surface area contributed by atoms with Crippen LogP contribution in [0.1, 0.15) is 29.5 Å². The van der Waals surface area contributed by atoms with Gasteiger partial charge in [0.05, 0.1) is 16.1 Å². The molecule has 0 fully saturated rings. The van der Waals surface area contributed by atoms with E-state index >= 15 is 0 Å². The van der Waals surface area contributed by atoms with Crippen LogP contribution in [0.4, 0.5) is 5.69 Å². The van der Waals surface area contributed by atoms with Gasteiger partial charge >= 0.3 is 0 Å². The molecule has 0 bridgehead atoms. The van der Waals surface area contributed by atoms with Gasteiger partial charge in [0.1, 0.15) is 0 Å². The molecule has 4 rings (SSSR count). The van der Waals surface area contributed by atoms with Gasteiger partial charge in [-0.2, -0.15) is 0 Å². The zero-order chi connectivity index (χ0) is 15.3. The van der Waals surface area contributed by atoms with Crippen LogP contribution >= 0.6 is 39.1 Å². The van der Waals surface area contributed by atoms with E-state index in [1.54, 1.807) is 0 Å². The van der Waals surface area contributed by atoms with Crippen LogP contribution in [0, 0.1) is 5.92 Å². The van der Waals surface area contributed by atoms with E-state index in [0.29, 0.717) is 21.9 Å². The molecule has 2 aromatic rings. The first-order valence-electron chi connectivity index (χ1n) is 7.31. The van der Waals surface area contributed by atoms with Gasteiger partial charge in [-0.15, -0.1) is 0 Å². The number of nitrogens with one attached hydrogen (secondary N) is 1. The Morgan fingerprint density at radius 2 is 1.95 bits per heavy atom. The fourth-order valence-electron chi connectivity index (χ4n) is 3.63. The Bertz CT molecular complexity index is 772. The smallest absolute Gasteiger partial charge is 0.0645 e. The summed E-state index contributed by atoms with van der Waals surface area (Å²) in [5.74, 6) is 0.895. The lowest BCUT2D eigenvalue weighted by Gasteiger charge is -2.38. The summed E-state index contributed by atoms with van der Waals surface area (Å²) in [6.07, 6.45) is 5.65. The molecule has 0 aromatic heterocycles. The molecule has 22 heavy (non-hydrogen) atoms. The summed E-state index contributed by atoms with van der Waals surface area (Å²) in [6, 6.07) is 12.5. The largest absolute Gasteiger partial charge is 0.378 e. The van der Waals surface area contributed by atoms with Crippen LogP contribution in [0.25, 0.3) is 0 Å². The number of anilines is 1. The summed E-state index contributed by atoms with van der Waals surface area (Å²) < 4.78 is 1.12. The molecule has 0 unspecified atom stereocenters. The molecule has 0 saturated heterocycles. The van der Waals surface area contributed by atoms with Crippen LogP contribution in [0.3, 0.4) is 0 Å². The molecule has 112 valence electrons. The maximum absolute atomic E-state index is 6.47. The Morgan fingerprint density at radius 3 is 2.82 bits per heavy atom. The molecular formula is C18H14BrCl2N. The number of allylic oxidation sites excluding steroid dienone is 2. The first kappa shape index (κ1) is 14.6. The van der Waals surface area contributed by atoms with Crippen LogP contribution in [0.15, 0.2) is 53.0 Å². The van der Waals surface area contributed by atoms with Crippen LogP contribution in [-0.2, 0) is 0 Å². The first-order chi connectivity index (χ1) is 10.6. The SMILES string of the molecule is Clc1cccc([C@H]2Nc3ccc(Br)cc3[C@H]3C=CC[C@@H]32)c1Cl. The molecule has 0 spiro atoms. The van der Waals surface area contributed by atoms with E-state index in [0.717, 1.165) is 16.5 Å². The fourth-order valence-corrected chi connectivity index (χ4v) is 4.44. The molecule has 1 N–H and O–H groups in total. The van der Waals surface area contributed by atoms with Gasteiger partial charge in [0.15, 0.2) is 0 Å². The summed E-state index contributed by atoms with van der Waals surface area (Å²) in [7, 11) is 0. The molecule has 1 aliphatic carbocycles. The van der Waals surface area contributed by atoms with Crippen molar-refractivity contribution < 1.29 is 0 Å². The maximum atomic E-state index is 6.47. The lowest BCUT2D eigenvalue weighted by molar-refractivity contribution is 0.425. The molecule has 0 amide bonds. The van der Waals surface area contributed by atoms with Crippen LogP contribution in [0.2, 0.25) is 10.0 Å². The van der Waals surface area contributed by atoms with Gasteiger partial charge in [-0.3, -0.25) is 0 Å². The highest BCUT2D eigenvalue weighted by Crippen LogP contribution is 2.51. The highest BCUT2D eigenvalue weighted by atomic mass is 79.9. The van der Waals surface area contributed by atoms with Gasteiger partial charge < -0.3 is 5.32 Å². The lowest BCUT2D eigenvalue weighted by atomic mass is 9.77. The van der Waals surface area contributed by atoms with Gasteiger partial charge in [0.2, 0.25) is 0 Å². The summed E-state index contributed by atoms with van der Waals surface area (Å²) in [4.78, 5) is 0. The Balaban J connectivity index is 1.83. The van der Waals surface area contributed by atoms with Gasteiger partial charge in [-0.1, -0.05) is 63.4 Å². The van der Waals surface area contributed by atoms with Crippen molar-refractivity contribution >= 4 is 44.8 Å². The second-order valence-corrected chi connectivity index (χ2v) is 7.55. The minimum atomic E-state index is 0.180. The second kappa shape index (κ2) is 5.59. The highest BCUT2D eigenvalue weighted by molar-refractivity contribution is 9.10. The van der Waals surface area contributed by atoms with E-state index in [1.807, 2.05) is 12.1 Å². The van der Waals surface area contributed by atoms with Crippen molar-refractivity contribution in [1.29, 1.82) is 0 Å². The number of hydrogen-bond donors (Lipinski definition) is 1. The normalized spacial score (nSPS) is 25.5. The second-order valence-electron chi connectivity index (χ2n) is 5.85. The topological polar surface area (TPSA) is 12.0 Å². The van der Waals surface area contributed by atoms with Crippen molar-refractivity contribution in [1.82, 2.24) is 0 Å². The third-order valence-electron chi connectivity index (χ3n) is 4.64. The molecule has 4 heteroatoms. The van der Waals surface area contributed by atoms with Crippen molar-refractivity contribution in [3.63, 3.8) is 0 Å². The van der Waals surface area contributed by atoms with Crippen molar-refractivity contribution in [2.45, 2.75) is 18.4 Å². The number of benzene rings is 2. The van der Waals surface area contributed by atoms with E-state index in [2.05, 4.69) is 57.7 Å². The minimum Gasteiger partial charge on any atom is -0.378 e. The van der Waals surface area contributed by atoms with Crippen LogP contribution in [0.5, 0.6) is 0 Å². The summed E-state index contributed by atoms with van der Waals surface area (Å²) >= 11 is 16.3. The monoisotopic (exact) mass is 393 g/mol. The Morgan fingerprint density at radius 1 is 1.09 bits per heavy atom. The zero-order valence-corrected chi connectivity index (χ0v) is 14.8. The molecule has 1 aliphatic heterocycles. The van der Waals surface area contributed by atoms with Gasteiger partial charge in [0.25, 0.3) is 0 Å². The van der Waals surface area contributed by atoms with E-state index in [-0.39, 0.29) is 6.04 Å². The predicted octanol–water partition coefficient (Wildman–Crippen LogP) is 6.58. The lowest BCUT2D eigenvalue weighted by Crippen LogP contribution is -2.29. The molecular weight excluding hydrogens is 381 g/mol. The summed E-state index contributed by atoms with van der Waals surface area (Å²) in [6.45, 7) is 0. The average Bonchev–Trinajstić information content (AvgIpc) is 2.99. The zero-order valence-electron chi connectivity index (χ0n) is 11.7. The summed E-state index contributed by atoms with van der Waals surface area (Å²) in [5.41, 5.74) is 3.61. The van der Waals surface area contributed by atoms with E-state index in [9.17, 15) is 0 Å². The minimum absolute atomic E-state index is 0.180. The van der Waals surface area contributed by atoms with Gasteiger partial charge in [0, 0.05) is 16.1 Å². The van der Waals surface area contributed by atoms with E-state index < -0.39 is 0 Å². The Hall–Kier alpha value is -0.960. The molecule has 2 aliphatic rings. The molecule has 2 aromatic carbocycles. The van der Waals surface area contributed by atoms with Crippen LogP contribution in [-0.4, -0.2) is 0 Å². The van der Waals surface area contributed by atoms with Gasteiger partial charge in [-0.05, 0) is 47.7 Å². The highest BCUT2D eigenvalue weighted by Gasteiger charge is 2.38. The third kappa shape index (κ3) is 2.29. The molecule has 3 atom stereocenters. The quantitative estimate of drug-likeness (QED) is 0.538. The number of hydrogen-bond acceptors (Lipinski definition) is 1. The standard InChI is InChI=1S/C18H14BrCl2N/c19-10-7-8-16-14(9-10)11-3-1-4-12(11)18(22-16)13-5-2-6-15(20)17(13)21/h1-3,5-9,11-12,18,22H,4H2/t11-,12-,18-/m0/s1. The number of halogens is 3. The summed E-state index contributed by atoms with van der Waals surface area (Å²) in [5, 5.41) is 4.95. The predicted molar refractivity (Wildman–Crippen MR) is 97.0 cm³/mol. The van der Waals surface area contributed by atoms with E-state index in [4.69, 9.17) is 23.2 Å². The first-order valence-corrected chi connectivity index (χ1v) is 8.86. The van der Waals surface area contributed by atoms with Crippen LogP contribution < -0.4 is 5.32 Å².